The van der Waals surface area contributed by atoms with Crippen LogP contribution in [0.25, 0.3) is 11.1 Å². The van der Waals surface area contributed by atoms with Gasteiger partial charge in [0.2, 0.25) is 0 Å². The molecule has 1 atom stereocenters. The first-order chi connectivity index (χ1) is 13.7. The van der Waals surface area contributed by atoms with Gasteiger partial charge in [-0.05, 0) is 43.0 Å². The van der Waals surface area contributed by atoms with Gasteiger partial charge in [0.15, 0.2) is 5.82 Å². The van der Waals surface area contributed by atoms with Crippen molar-refractivity contribution in [3.8, 4) is 28.8 Å². The number of ether oxygens (including phenoxy) is 2. The predicted octanol–water partition coefficient (Wildman–Crippen LogP) is 3.62. The molecule has 0 aliphatic rings. The van der Waals surface area contributed by atoms with Crippen LogP contribution in [0.5, 0.6) is 11.6 Å². The number of nitriles is 1. The Bertz CT molecular complexity index is 923. The van der Waals surface area contributed by atoms with Crippen molar-refractivity contribution in [2.75, 3.05) is 13.7 Å². The molecule has 1 aromatic carbocycles. The lowest BCUT2D eigenvalue weighted by Crippen LogP contribution is -2.43. The van der Waals surface area contributed by atoms with E-state index in [0.717, 1.165) is 6.42 Å². The maximum absolute atomic E-state index is 14.7. The van der Waals surface area contributed by atoms with E-state index >= 15 is 0 Å². The summed E-state index contributed by atoms with van der Waals surface area (Å²) in [5.74, 6) is -0.478. The van der Waals surface area contributed by atoms with E-state index in [2.05, 4.69) is 30.2 Å². The zero-order valence-corrected chi connectivity index (χ0v) is 17.0. The number of nitrogens with one attached hydrogen (secondary N) is 1. The highest BCUT2D eigenvalue weighted by molar-refractivity contribution is 5.72. The molecule has 7 nitrogen and oxygen atoms in total. The Hall–Kier alpha value is -3.18. The van der Waals surface area contributed by atoms with Crippen molar-refractivity contribution in [3.63, 3.8) is 0 Å². The average molecular weight is 400 g/mol. The Balaban J connectivity index is 2.28. The van der Waals surface area contributed by atoms with Gasteiger partial charge >= 0.3 is 6.09 Å². The van der Waals surface area contributed by atoms with Crippen LogP contribution >= 0.6 is 0 Å². The Kier molecular flexibility index (Phi) is 7.13. The first kappa shape index (κ1) is 22.1. The number of carbonyl (C=O) groups is 1. The summed E-state index contributed by atoms with van der Waals surface area (Å²) in [5.41, 5.74) is 6.53. The van der Waals surface area contributed by atoms with E-state index in [0.29, 0.717) is 17.2 Å². The standard InChI is InChI=1S/C21H25FN4O3/c1-13(2)10-21(3,24)12-28-17-6-5-14(9-15(17)11-23)16-7-8-26-19(18(16)22)29-20(27)25-4/h5-9,13H,10,12,24H2,1-4H3,(H,25,27)/t21-/m0/s1. The minimum atomic E-state index is -0.832. The van der Waals surface area contributed by atoms with Gasteiger partial charge in [-0.15, -0.1) is 0 Å². The number of pyridine rings is 1. The minimum absolute atomic E-state index is 0.144. The molecule has 1 amide bonds. The van der Waals surface area contributed by atoms with Gasteiger partial charge in [0.05, 0.1) is 5.56 Å². The van der Waals surface area contributed by atoms with Crippen molar-refractivity contribution in [2.24, 2.45) is 11.7 Å². The molecule has 0 saturated heterocycles. The second kappa shape index (κ2) is 9.34. The number of benzene rings is 1. The number of hydrogen-bond acceptors (Lipinski definition) is 6. The van der Waals surface area contributed by atoms with Crippen molar-refractivity contribution < 1.29 is 18.7 Å². The fraction of sp³-hybridized carbons (Fsp3) is 0.381. The van der Waals surface area contributed by atoms with E-state index in [1.165, 1.54) is 25.4 Å². The summed E-state index contributed by atoms with van der Waals surface area (Å²) in [6.07, 6.45) is 1.25. The summed E-state index contributed by atoms with van der Waals surface area (Å²) in [7, 11) is 1.36. The van der Waals surface area contributed by atoms with Gasteiger partial charge in [0.1, 0.15) is 18.4 Å². The third-order valence-corrected chi connectivity index (χ3v) is 4.09. The molecule has 1 aromatic heterocycles. The summed E-state index contributed by atoms with van der Waals surface area (Å²) >= 11 is 0. The lowest BCUT2D eigenvalue weighted by Gasteiger charge is -2.26. The largest absolute Gasteiger partial charge is 0.490 e. The average Bonchev–Trinajstić information content (AvgIpc) is 2.66. The lowest BCUT2D eigenvalue weighted by molar-refractivity contribution is 0.198. The Morgan fingerprint density at radius 3 is 2.76 bits per heavy atom. The molecule has 3 N–H and O–H groups in total. The van der Waals surface area contributed by atoms with Crippen molar-refractivity contribution in [3.05, 3.63) is 41.8 Å². The molecule has 154 valence electrons. The topological polar surface area (TPSA) is 110 Å². The SMILES string of the molecule is CNC(=O)Oc1nccc(-c2ccc(OC[C@@](C)(N)CC(C)C)c(C#N)c2)c1F. The highest BCUT2D eigenvalue weighted by Gasteiger charge is 2.22. The van der Waals surface area contributed by atoms with Gasteiger partial charge in [-0.3, -0.25) is 0 Å². The van der Waals surface area contributed by atoms with Crippen molar-refractivity contribution >= 4 is 6.09 Å². The van der Waals surface area contributed by atoms with Gasteiger partial charge in [0.25, 0.3) is 5.88 Å². The summed E-state index contributed by atoms with van der Waals surface area (Å²) in [6.45, 7) is 6.29. The third-order valence-electron chi connectivity index (χ3n) is 4.09. The third kappa shape index (κ3) is 5.90. The van der Waals surface area contributed by atoms with E-state index in [4.69, 9.17) is 15.2 Å². The lowest BCUT2D eigenvalue weighted by atomic mass is 9.93. The van der Waals surface area contributed by atoms with Gasteiger partial charge in [0, 0.05) is 24.3 Å². The van der Waals surface area contributed by atoms with E-state index in [-0.39, 0.29) is 17.7 Å². The molecule has 2 aromatic rings. The first-order valence-corrected chi connectivity index (χ1v) is 9.17. The second-order valence-corrected chi connectivity index (χ2v) is 7.48. The van der Waals surface area contributed by atoms with Gasteiger partial charge in [-0.1, -0.05) is 19.9 Å². The quantitative estimate of drug-likeness (QED) is 0.734. The minimum Gasteiger partial charge on any atom is -0.490 e. The van der Waals surface area contributed by atoms with E-state index in [9.17, 15) is 14.4 Å². The monoisotopic (exact) mass is 400 g/mol. The molecule has 0 bridgehead atoms. The predicted molar refractivity (Wildman–Crippen MR) is 107 cm³/mol. The fourth-order valence-corrected chi connectivity index (χ4v) is 3.00. The van der Waals surface area contributed by atoms with Crippen LogP contribution in [0.3, 0.4) is 0 Å². The molecule has 0 spiro atoms. The van der Waals surface area contributed by atoms with Crippen LogP contribution in [0.4, 0.5) is 9.18 Å². The number of nitrogens with two attached hydrogens (primary N) is 1. The molecule has 0 aliphatic heterocycles. The smallest absolute Gasteiger partial charge is 0.413 e. The number of carbonyl (C=O) groups excluding carboxylic acids is 1. The molecule has 1 heterocycles. The van der Waals surface area contributed by atoms with Crippen LogP contribution < -0.4 is 20.5 Å². The molecule has 0 saturated carbocycles. The molecule has 0 unspecified atom stereocenters. The van der Waals surface area contributed by atoms with E-state index < -0.39 is 23.3 Å². The number of rotatable bonds is 7. The van der Waals surface area contributed by atoms with Gasteiger partial charge in [-0.2, -0.15) is 5.26 Å². The summed E-state index contributed by atoms with van der Waals surface area (Å²) in [4.78, 5) is 15.1. The number of hydrogen-bond donors (Lipinski definition) is 2. The van der Waals surface area contributed by atoms with Crippen LogP contribution in [-0.2, 0) is 0 Å². The summed E-state index contributed by atoms with van der Waals surface area (Å²) < 4.78 is 25.3. The summed E-state index contributed by atoms with van der Waals surface area (Å²) in [5, 5.41) is 11.7. The molecular formula is C21H25FN4O3. The zero-order valence-electron chi connectivity index (χ0n) is 17.0. The maximum Gasteiger partial charge on any atom is 0.413 e. The van der Waals surface area contributed by atoms with Crippen molar-refractivity contribution in [2.45, 2.75) is 32.7 Å². The summed E-state index contributed by atoms with van der Waals surface area (Å²) in [6, 6.07) is 8.22. The van der Waals surface area contributed by atoms with E-state index in [1.54, 1.807) is 12.1 Å². The van der Waals surface area contributed by atoms with Crippen LogP contribution in [-0.4, -0.2) is 30.3 Å². The fourth-order valence-electron chi connectivity index (χ4n) is 3.00. The van der Waals surface area contributed by atoms with Crippen LogP contribution in [0.2, 0.25) is 0 Å². The van der Waals surface area contributed by atoms with Crippen molar-refractivity contribution in [1.29, 1.82) is 5.26 Å². The number of halogens is 1. The molecular weight excluding hydrogens is 375 g/mol. The number of aromatic nitrogens is 1. The molecule has 8 heteroatoms. The molecule has 0 aliphatic carbocycles. The molecule has 0 fully saturated rings. The van der Waals surface area contributed by atoms with E-state index in [1.807, 2.05) is 6.92 Å². The van der Waals surface area contributed by atoms with Crippen LogP contribution in [0.15, 0.2) is 30.5 Å². The van der Waals surface area contributed by atoms with Gasteiger partial charge in [-0.25, -0.2) is 14.2 Å². The van der Waals surface area contributed by atoms with Crippen LogP contribution in [0.1, 0.15) is 32.8 Å². The van der Waals surface area contributed by atoms with Crippen LogP contribution in [0, 0.1) is 23.1 Å². The Morgan fingerprint density at radius 2 is 2.14 bits per heavy atom. The molecule has 2 rings (SSSR count). The second-order valence-electron chi connectivity index (χ2n) is 7.48. The number of nitrogens with zero attached hydrogens (tertiary/aromatic N) is 2. The zero-order chi connectivity index (χ0) is 21.6. The highest BCUT2D eigenvalue weighted by Crippen LogP contribution is 2.31. The highest BCUT2D eigenvalue weighted by atomic mass is 19.1. The van der Waals surface area contributed by atoms with Crippen molar-refractivity contribution in [1.82, 2.24) is 10.3 Å². The normalized spacial score (nSPS) is 12.8. The number of amides is 1. The molecule has 29 heavy (non-hydrogen) atoms. The van der Waals surface area contributed by atoms with Gasteiger partial charge < -0.3 is 20.5 Å². The Morgan fingerprint density at radius 1 is 1.41 bits per heavy atom. The maximum atomic E-state index is 14.7. The first-order valence-electron chi connectivity index (χ1n) is 9.17. The molecule has 0 radical (unpaired) electrons. The Labute approximate surface area is 169 Å².